The molecular formula is C18H26O4. The van der Waals surface area contributed by atoms with E-state index in [1.165, 1.54) is 44.7 Å². The van der Waals surface area contributed by atoms with Gasteiger partial charge in [-0.3, -0.25) is 4.79 Å². The van der Waals surface area contributed by atoms with Gasteiger partial charge in [0.05, 0.1) is 5.56 Å². The molecule has 0 saturated carbocycles. The number of aromatic carboxylic acids is 1. The SMILES string of the molecule is CCCCCCC[C@@H](C)c1cc(OC(C)=O)ccc1C(=O)O. The molecule has 0 bridgehead atoms. The van der Waals surface area contributed by atoms with Gasteiger partial charge in [-0.1, -0.05) is 46.0 Å². The highest BCUT2D eigenvalue weighted by Crippen LogP contribution is 2.29. The molecule has 122 valence electrons. The number of rotatable bonds is 9. The molecule has 0 spiro atoms. The maximum atomic E-state index is 11.4. The first-order chi connectivity index (χ1) is 10.5. The summed E-state index contributed by atoms with van der Waals surface area (Å²) in [5.74, 6) is -0.808. The van der Waals surface area contributed by atoms with Gasteiger partial charge in [-0.2, -0.15) is 0 Å². The zero-order chi connectivity index (χ0) is 16.5. The van der Waals surface area contributed by atoms with Crippen LogP contribution in [0.1, 0.15) is 81.1 Å². The summed E-state index contributed by atoms with van der Waals surface area (Å²) >= 11 is 0. The van der Waals surface area contributed by atoms with Crippen molar-refractivity contribution in [3.05, 3.63) is 29.3 Å². The van der Waals surface area contributed by atoms with Crippen LogP contribution in [0.25, 0.3) is 0 Å². The molecule has 4 nitrogen and oxygen atoms in total. The van der Waals surface area contributed by atoms with Crippen LogP contribution in [-0.4, -0.2) is 17.0 Å². The van der Waals surface area contributed by atoms with Crippen LogP contribution >= 0.6 is 0 Å². The van der Waals surface area contributed by atoms with Crippen molar-refractivity contribution in [3.8, 4) is 5.75 Å². The Morgan fingerprint density at radius 3 is 2.45 bits per heavy atom. The Morgan fingerprint density at radius 2 is 1.86 bits per heavy atom. The minimum atomic E-state index is -0.942. The van der Waals surface area contributed by atoms with Crippen molar-refractivity contribution >= 4 is 11.9 Å². The molecule has 1 rings (SSSR count). The fourth-order valence-corrected chi connectivity index (χ4v) is 2.58. The summed E-state index contributed by atoms with van der Waals surface area (Å²) in [5.41, 5.74) is 1.03. The van der Waals surface area contributed by atoms with Crippen LogP contribution in [0.2, 0.25) is 0 Å². The van der Waals surface area contributed by atoms with E-state index in [2.05, 4.69) is 6.92 Å². The summed E-state index contributed by atoms with van der Waals surface area (Å²) in [7, 11) is 0. The van der Waals surface area contributed by atoms with Crippen molar-refractivity contribution in [3.63, 3.8) is 0 Å². The largest absolute Gasteiger partial charge is 0.478 e. The highest BCUT2D eigenvalue weighted by atomic mass is 16.5. The first-order valence-corrected chi connectivity index (χ1v) is 8.01. The first kappa shape index (κ1) is 18.2. The van der Waals surface area contributed by atoms with E-state index in [0.717, 1.165) is 18.4 Å². The second-order valence-corrected chi connectivity index (χ2v) is 5.75. The van der Waals surface area contributed by atoms with Crippen molar-refractivity contribution in [2.24, 2.45) is 0 Å². The number of carboxylic acids is 1. The number of carboxylic acid groups (broad SMARTS) is 1. The smallest absolute Gasteiger partial charge is 0.335 e. The molecule has 0 heterocycles. The second kappa shape index (κ2) is 9.23. The fourth-order valence-electron chi connectivity index (χ4n) is 2.58. The molecule has 0 aromatic heterocycles. The minimum Gasteiger partial charge on any atom is -0.478 e. The number of ether oxygens (including phenoxy) is 1. The molecule has 1 N–H and O–H groups in total. The van der Waals surface area contributed by atoms with Crippen LogP contribution < -0.4 is 4.74 Å². The van der Waals surface area contributed by atoms with Crippen molar-refractivity contribution in [2.75, 3.05) is 0 Å². The number of carbonyl (C=O) groups excluding carboxylic acids is 1. The number of carbonyl (C=O) groups is 2. The minimum absolute atomic E-state index is 0.128. The summed E-state index contributed by atoms with van der Waals surface area (Å²) < 4.78 is 5.07. The van der Waals surface area contributed by atoms with Gasteiger partial charge >= 0.3 is 11.9 Å². The Kier molecular flexibility index (Phi) is 7.64. The second-order valence-electron chi connectivity index (χ2n) is 5.75. The molecule has 0 amide bonds. The van der Waals surface area contributed by atoms with E-state index in [-0.39, 0.29) is 11.5 Å². The topological polar surface area (TPSA) is 63.6 Å². The van der Waals surface area contributed by atoms with Gasteiger partial charge in [0.15, 0.2) is 0 Å². The van der Waals surface area contributed by atoms with Crippen molar-refractivity contribution in [1.82, 2.24) is 0 Å². The number of unbranched alkanes of at least 4 members (excludes halogenated alkanes) is 4. The fraction of sp³-hybridized carbons (Fsp3) is 0.556. The van der Waals surface area contributed by atoms with E-state index >= 15 is 0 Å². The molecule has 0 saturated heterocycles. The Balaban J connectivity index is 2.79. The van der Waals surface area contributed by atoms with Crippen LogP contribution in [0, 0.1) is 0 Å². The number of benzene rings is 1. The van der Waals surface area contributed by atoms with Crippen LogP contribution in [0.5, 0.6) is 5.75 Å². The quantitative estimate of drug-likeness (QED) is 0.405. The monoisotopic (exact) mass is 306 g/mol. The Bertz CT molecular complexity index is 508. The lowest BCUT2D eigenvalue weighted by Crippen LogP contribution is -2.08. The summed E-state index contributed by atoms with van der Waals surface area (Å²) in [6.45, 7) is 5.55. The molecule has 1 aromatic carbocycles. The van der Waals surface area contributed by atoms with Crippen molar-refractivity contribution in [2.45, 2.75) is 65.2 Å². The molecule has 4 heteroatoms. The van der Waals surface area contributed by atoms with E-state index < -0.39 is 11.9 Å². The molecule has 22 heavy (non-hydrogen) atoms. The van der Waals surface area contributed by atoms with Gasteiger partial charge < -0.3 is 9.84 Å². The third-order valence-electron chi connectivity index (χ3n) is 3.79. The van der Waals surface area contributed by atoms with Gasteiger partial charge in [-0.15, -0.1) is 0 Å². The van der Waals surface area contributed by atoms with Crippen LogP contribution in [0.15, 0.2) is 18.2 Å². The van der Waals surface area contributed by atoms with E-state index in [1.807, 2.05) is 6.92 Å². The molecule has 0 aliphatic carbocycles. The van der Waals surface area contributed by atoms with Gasteiger partial charge in [0.1, 0.15) is 5.75 Å². The Labute approximate surface area is 132 Å². The molecule has 0 aliphatic heterocycles. The lowest BCUT2D eigenvalue weighted by molar-refractivity contribution is -0.131. The maximum Gasteiger partial charge on any atom is 0.335 e. The number of hydrogen-bond donors (Lipinski definition) is 1. The van der Waals surface area contributed by atoms with Gasteiger partial charge in [0.25, 0.3) is 0 Å². The van der Waals surface area contributed by atoms with Crippen LogP contribution in [0.3, 0.4) is 0 Å². The van der Waals surface area contributed by atoms with E-state index in [1.54, 1.807) is 6.07 Å². The van der Waals surface area contributed by atoms with Gasteiger partial charge in [-0.25, -0.2) is 4.79 Å². The zero-order valence-corrected chi connectivity index (χ0v) is 13.7. The third-order valence-corrected chi connectivity index (χ3v) is 3.79. The maximum absolute atomic E-state index is 11.4. The molecule has 0 aliphatic rings. The highest BCUT2D eigenvalue weighted by Gasteiger charge is 2.17. The molecular weight excluding hydrogens is 280 g/mol. The number of hydrogen-bond acceptors (Lipinski definition) is 3. The number of esters is 1. The van der Waals surface area contributed by atoms with E-state index in [4.69, 9.17) is 4.74 Å². The molecule has 0 unspecified atom stereocenters. The van der Waals surface area contributed by atoms with Gasteiger partial charge in [0, 0.05) is 6.92 Å². The lowest BCUT2D eigenvalue weighted by Gasteiger charge is -2.16. The Hall–Kier alpha value is -1.84. The zero-order valence-electron chi connectivity index (χ0n) is 13.7. The summed E-state index contributed by atoms with van der Waals surface area (Å²) in [6, 6.07) is 4.73. The average molecular weight is 306 g/mol. The first-order valence-electron chi connectivity index (χ1n) is 8.01. The van der Waals surface area contributed by atoms with Crippen LogP contribution in [0.4, 0.5) is 0 Å². The third kappa shape index (κ3) is 5.88. The summed E-state index contributed by atoms with van der Waals surface area (Å²) in [4.78, 5) is 22.4. The Morgan fingerprint density at radius 1 is 1.18 bits per heavy atom. The van der Waals surface area contributed by atoms with Crippen molar-refractivity contribution < 1.29 is 19.4 Å². The normalized spacial score (nSPS) is 12.0. The molecule has 1 atom stereocenters. The van der Waals surface area contributed by atoms with Gasteiger partial charge in [-0.05, 0) is 36.1 Å². The van der Waals surface area contributed by atoms with Crippen molar-refractivity contribution in [1.29, 1.82) is 0 Å². The predicted octanol–water partition coefficient (Wildman–Crippen LogP) is 4.77. The molecule has 1 aromatic rings. The summed E-state index contributed by atoms with van der Waals surface area (Å²) in [5, 5.41) is 9.32. The highest BCUT2D eigenvalue weighted by molar-refractivity contribution is 5.90. The predicted molar refractivity (Wildman–Crippen MR) is 86.5 cm³/mol. The molecule has 0 radical (unpaired) electrons. The average Bonchev–Trinajstić information content (AvgIpc) is 2.45. The lowest BCUT2D eigenvalue weighted by atomic mass is 9.90. The standard InChI is InChI=1S/C18H26O4/c1-4-5-6-7-8-9-13(2)17-12-15(22-14(3)19)10-11-16(17)18(20)21/h10-13H,4-9H2,1-3H3,(H,20,21)/t13-/m1/s1. The van der Waals surface area contributed by atoms with Gasteiger partial charge in [0.2, 0.25) is 0 Å². The summed E-state index contributed by atoms with van der Waals surface area (Å²) in [6.07, 6.45) is 6.87. The van der Waals surface area contributed by atoms with E-state index in [9.17, 15) is 14.7 Å². The van der Waals surface area contributed by atoms with Crippen LogP contribution in [-0.2, 0) is 4.79 Å². The van der Waals surface area contributed by atoms with E-state index in [0.29, 0.717) is 5.75 Å². The molecule has 0 fully saturated rings.